The Hall–Kier alpha value is -2.78. The molecule has 10 heteroatoms. The summed E-state index contributed by atoms with van der Waals surface area (Å²) in [7, 11) is -3.58. The maximum absolute atomic E-state index is 11.7. The van der Waals surface area contributed by atoms with Crippen molar-refractivity contribution in [3.05, 3.63) is 52.7 Å². The van der Waals surface area contributed by atoms with E-state index in [0.29, 0.717) is 27.7 Å². The van der Waals surface area contributed by atoms with Gasteiger partial charge in [0.15, 0.2) is 5.75 Å². The highest BCUT2D eigenvalue weighted by molar-refractivity contribution is 7.92. The highest BCUT2D eigenvalue weighted by Crippen LogP contribution is 2.33. The molecule has 0 saturated carbocycles. The molecule has 0 radical (unpaired) electrons. The summed E-state index contributed by atoms with van der Waals surface area (Å²) in [6.45, 7) is 5.56. The minimum absolute atomic E-state index is 0.000228. The Labute approximate surface area is 168 Å². The van der Waals surface area contributed by atoms with E-state index in [1.54, 1.807) is 19.2 Å². The van der Waals surface area contributed by atoms with E-state index in [4.69, 9.17) is 16.3 Å². The van der Waals surface area contributed by atoms with Crippen LogP contribution in [0.5, 0.6) is 11.6 Å². The monoisotopic (exact) mass is 419 g/mol. The molecule has 3 aromatic rings. The van der Waals surface area contributed by atoms with Crippen molar-refractivity contribution in [1.29, 1.82) is 0 Å². The van der Waals surface area contributed by atoms with Crippen LogP contribution in [0.15, 0.2) is 30.7 Å². The van der Waals surface area contributed by atoms with Crippen LogP contribution in [-0.4, -0.2) is 34.6 Å². The second-order valence-electron chi connectivity index (χ2n) is 6.27. The summed E-state index contributed by atoms with van der Waals surface area (Å²) < 4.78 is 31.7. The third-order valence-electron chi connectivity index (χ3n) is 3.68. The number of aryl methyl sites for hydroxylation is 3. The minimum atomic E-state index is -3.58. The molecule has 0 aromatic carbocycles. The summed E-state index contributed by atoms with van der Waals surface area (Å²) in [4.78, 5) is 17.0. The van der Waals surface area contributed by atoms with Crippen molar-refractivity contribution in [3.8, 4) is 22.9 Å². The number of aromatic nitrogens is 4. The van der Waals surface area contributed by atoms with Gasteiger partial charge in [0.25, 0.3) is 5.88 Å². The molecule has 0 fully saturated rings. The number of anilines is 1. The highest BCUT2D eigenvalue weighted by atomic mass is 35.5. The maximum atomic E-state index is 11.7. The Balaban J connectivity index is 2.11. The van der Waals surface area contributed by atoms with Crippen LogP contribution in [0.1, 0.15) is 17.0 Å². The number of ether oxygens (including phenoxy) is 1. The number of pyridine rings is 2. The van der Waals surface area contributed by atoms with Crippen LogP contribution in [0.3, 0.4) is 0 Å². The first-order chi connectivity index (χ1) is 13.1. The van der Waals surface area contributed by atoms with Gasteiger partial charge in [-0.2, -0.15) is 0 Å². The van der Waals surface area contributed by atoms with Crippen LogP contribution < -0.4 is 9.46 Å². The number of hydrogen-bond acceptors (Lipinski definition) is 7. The van der Waals surface area contributed by atoms with E-state index < -0.39 is 10.0 Å². The van der Waals surface area contributed by atoms with Gasteiger partial charge in [0.1, 0.15) is 0 Å². The molecule has 8 nitrogen and oxygen atoms in total. The van der Waals surface area contributed by atoms with Crippen molar-refractivity contribution in [3.63, 3.8) is 0 Å². The van der Waals surface area contributed by atoms with Crippen LogP contribution >= 0.6 is 11.6 Å². The molecule has 0 amide bonds. The Morgan fingerprint density at radius 1 is 1.07 bits per heavy atom. The van der Waals surface area contributed by atoms with Gasteiger partial charge in [-0.3, -0.25) is 14.7 Å². The van der Waals surface area contributed by atoms with Gasteiger partial charge in [-0.05, 0) is 38.5 Å². The van der Waals surface area contributed by atoms with Crippen LogP contribution in [0, 0.1) is 20.8 Å². The van der Waals surface area contributed by atoms with Gasteiger partial charge < -0.3 is 4.74 Å². The fourth-order valence-corrected chi connectivity index (χ4v) is 3.31. The molecule has 1 N–H and O–H groups in total. The van der Waals surface area contributed by atoms with E-state index in [9.17, 15) is 8.42 Å². The predicted octanol–water partition coefficient (Wildman–Crippen LogP) is 3.68. The van der Waals surface area contributed by atoms with Gasteiger partial charge in [-0.1, -0.05) is 11.6 Å². The van der Waals surface area contributed by atoms with Crippen LogP contribution in [0.2, 0.25) is 5.02 Å². The number of sulfonamides is 1. The lowest BCUT2D eigenvalue weighted by molar-refractivity contribution is 0.453. The molecule has 0 atom stereocenters. The van der Waals surface area contributed by atoms with E-state index in [1.807, 2.05) is 19.9 Å². The zero-order valence-corrected chi connectivity index (χ0v) is 17.3. The Kier molecular flexibility index (Phi) is 5.48. The first-order valence-electron chi connectivity index (χ1n) is 8.21. The molecule has 0 aliphatic heterocycles. The van der Waals surface area contributed by atoms with Crippen LogP contribution in [0.4, 0.5) is 5.82 Å². The molecule has 0 unspecified atom stereocenters. The molecule has 28 heavy (non-hydrogen) atoms. The Morgan fingerprint density at radius 2 is 1.82 bits per heavy atom. The second kappa shape index (κ2) is 7.69. The van der Waals surface area contributed by atoms with E-state index in [2.05, 4.69) is 24.7 Å². The fourth-order valence-electron chi connectivity index (χ4n) is 2.64. The molecular formula is C18H18ClN5O3S. The lowest BCUT2D eigenvalue weighted by Gasteiger charge is -2.15. The summed E-state index contributed by atoms with van der Waals surface area (Å²) in [6, 6.07) is 3.54. The molecule has 3 heterocycles. The number of rotatable bonds is 5. The summed E-state index contributed by atoms with van der Waals surface area (Å²) in [5.74, 6) is 0.457. The van der Waals surface area contributed by atoms with Crippen molar-refractivity contribution in [1.82, 2.24) is 19.9 Å². The quantitative estimate of drug-likeness (QED) is 0.672. The first-order valence-corrected chi connectivity index (χ1v) is 10.5. The topological polar surface area (TPSA) is 107 Å². The van der Waals surface area contributed by atoms with E-state index in [0.717, 1.165) is 17.5 Å². The van der Waals surface area contributed by atoms with Crippen molar-refractivity contribution in [2.45, 2.75) is 20.8 Å². The standard InChI is InChI=1S/C18H18ClN5O3S/c1-10-5-11(2)22-12(3)16(10)27-18-17(24-28(4,25)26)21-9-15(23-18)13-6-14(19)8-20-7-13/h5-9H,1-4H3,(H,21,24). The first kappa shape index (κ1) is 20.0. The molecule has 0 aliphatic carbocycles. The number of nitrogens with one attached hydrogen (secondary N) is 1. The average molecular weight is 420 g/mol. The van der Waals surface area contributed by atoms with Gasteiger partial charge >= 0.3 is 0 Å². The molecule has 146 valence electrons. The Bertz CT molecular complexity index is 1130. The minimum Gasteiger partial charge on any atom is -0.434 e. The lowest BCUT2D eigenvalue weighted by atomic mass is 10.2. The third kappa shape index (κ3) is 4.73. The molecular weight excluding hydrogens is 402 g/mol. The van der Waals surface area contributed by atoms with Gasteiger partial charge in [0, 0.05) is 23.7 Å². The molecule has 0 spiro atoms. The van der Waals surface area contributed by atoms with Gasteiger partial charge in [-0.15, -0.1) is 0 Å². The van der Waals surface area contributed by atoms with Crippen molar-refractivity contribution >= 4 is 27.4 Å². The van der Waals surface area contributed by atoms with E-state index in [-0.39, 0.29) is 11.7 Å². The molecule has 3 aromatic heterocycles. The van der Waals surface area contributed by atoms with Crippen molar-refractivity contribution < 1.29 is 13.2 Å². The van der Waals surface area contributed by atoms with Crippen LogP contribution in [-0.2, 0) is 10.0 Å². The van der Waals surface area contributed by atoms with E-state index >= 15 is 0 Å². The van der Waals surface area contributed by atoms with Gasteiger partial charge in [0.2, 0.25) is 15.8 Å². The fraction of sp³-hybridized carbons (Fsp3) is 0.222. The lowest BCUT2D eigenvalue weighted by Crippen LogP contribution is -2.13. The highest BCUT2D eigenvalue weighted by Gasteiger charge is 2.18. The summed E-state index contributed by atoms with van der Waals surface area (Å²) >= 11 is 6.00. The number of hydrogen-bond donors (Lipinski definition) is 1. The largest absolute Gasteiger partial charge is 0.434 e. The van der Waals surface area contributed by atoms with Gasteiger partial charge in [0.05, 0.1) is 28.9 Å². The maximum Gasteiger partial charge on any atom is 0.264 e. The van der Waals surface area contributed by atoms with Gasteiger partial charge in [-0.25, -0.2) is 18.4 Å². The van der Waals surface area contributed by atoms with Crippen molar-refractivity contribution in [2.24, 2.45) is 0 Å². The zero-order valence-electron chi connectivity index (χ0n) is 15.7. The summed E-state index contributed by atoms with van der Waals surface area (Å²) in [5.41, 5.74) is 3.39. The summed E-state index contributed by atoms with van der Waals surface area (Å²) in [5, 5.41) is 0.439. The molecule has 0 aliphatic rings. The molecule has 0 bridgehead atoms. The average Bonchev–Trinajstić information content (AvgIpc) is 2.58. The SMILES string of the molecule is Cc1cc(C)c(Oc2nc(-c3cncc(Cl)c3)cnc2NS(C)(=O)=O)c(C)n1. The third-order valence-corrected chi connectivity index (χ3v) is 4.45. The summed E-state index contributed by atoms with van der Waals surface area (Å²) in [6.07, 6.45) is 5.52. The van der Waals surface area contributed by atoms with Crippen molar-refractivity contribution in [2.75, 3.05) is 11.0 Å². The predicted molar refractivity (Wildman–Crippen MR) is 107 cm³/mol. The van der Waals surface area contributed by atoms with E-state index in [1.165, 1.54) is 12.4 Å². The smallest absolute Gasteiger partial charge is 0.264 e. The Morgan fingerprint density at radius 3 is 2.46 bits per heavy atom. The number of halogens is 1. The van der Waals surface area contributed by atoms with Crippen LogP contribution in [0.25, 0.3) is 11.3 Å². The molecule has 3 rings (SSSR count). The normalized spacial score (nSPS) is 11.3. The zero-order chi connectivity index (χ0) is 20.5. The number of nitrogens with zero attached hydrogens (tertiary/aromatic N) is 4. The molecule has 0 saturated heterocycles. The second-order valence-corrected chi connectivity index (χ2v) is 8.46.